The zero-order valence-corrected chi connectivity index (χ0v) is 8.22. The van der Waals surface area contributed by atoms with Crippen molar-refractivity contribution in [3.05, 3.63) is 33.5 Å². The predicted octanol–water partition coefficient (Wildman–Crippen LogP) is 1.63. The van der Waals surface area contributed by atoms with Gasteiger partial charge >= 0.3 is 5.97 Å². The Morgan fingerprint density at radius 3 is 2.69 bits per heavy atom. The van der Waals surface area contributed by atoms with E-state index in [9.17, 15) is 22.8 Å². The maximum atomic E-state index is 13.2. The van der Waals surface area contributed by atoms with E-state index >= 15 is 0 Å². The van der Waals surface area contributed by atoms with Crippen LogP contribution in [-0.4, -0.2) is 17.6 Å². The molecular weight excluding hydrogens is 227 g/mol. The molecule has 1 N–H and O–H groups in total. The lowest BCUT2D eigenvalue weighted by atomic mass is 10.1. The van der Waals surface area contributed by atoms with Crippen LogP contribution in [0.2, 0.25) is 0 Å². The van der Waals surface area contributed by atoms with Crippen LogP contribution >= 0.6 is 0 Å². The van der Waals surface area contributed by atoms with E-state index in [1.165, 1.54) is 6.92 Å². The maximum Gasteiger partial charge on any atom is 0.341 e. The van der Waals surface area contributed by atoms with Gasteiger partial charge in [-0.15, -0.1) is 0 Å². The van der Waals surface area contributed by atoms with E-state index in [1.54, 1.807) is 4.98 Å². The van der Waals surface area contributed by atoms with Crippen LogP contribution in [0.5, 0.6) is 0 Å². The molecule has 0 saturated carbocycles. The molecule has 0 fully saturated rings. The number of rotatable bonds is 3. The Bertz CT molecular complexity index is 456. The fraction of sp³-hybridized carbons (Fsp3) is 0.333. The second kappa shape index (κ2) is 4.82. The molecule has 4 nitrogen and oxygen atoms in total. The smallest absolute Gasteiger partial charge is 0.341 e. The van der Waals surface area contributed by atoms with Crippen LogP contribution in [0.1, 0.15) is 29.3 Å². The van der Waals surface area contributed by atoms with Crippen LogP contribution in [0, 0.1) is 5.82 Å². The average Bonchev–Trinajstić information content (AvgIpc) is 2.21. The molecule has 0 atom stereocenters. The Hall–Kier alpha value is -1.79. The summed E-state index contributed by atoms with van der Waals surface area (Å²) in [5, 5.41) is 0. The molecule has 0 saturated heterocycles. The van der Waals surface area contributed by atoms with E-state index < -0.39 is 34.9 Å². The van der Waals surface area contributed by atoms with Gasteiger partial charge in [0.15, 0.2) is 0 Å². The number of halogens is 3. The van der Waals surface area contributed by atoms with Crippen LogP contribution in [0.3, 0.4) is 0 Å². The Morgan fingerprint density at radius 2 is 2.19 bits per heavy atom. The van der Waals surface area contributed by atoms with Crippen molar-refractivity contribution in [2.45, 2.75) is 13.3 Å². The first-order valence-electron chi connectivity index (χ1n) is 4.35. The number of aromatic amines is 1. The van der Waals surface area contributed by atoms with Gasteiger partial charge < -0.3 is 9.72 Å². The minimum atomic E-state index is -3.08. The zero-order valence-electron chi connectivity index (χ0n) is 8.22. The number of carbonyl (C=O) groups excluding carboxylic acids is 1. The highest BCUT2D eigenvalue weighted by Crippen LogP contribution is 2.23. The lowest BCUT2D eigenvalue weighted by Crippen LogP contribution is -2.20. The third-order valence-corrected chi connectivity index (χ3v) is 1.78. The molecule has 1 aromatic rings. The number of pyridine rings is 1. The van der Waals surface area contributed by atoms with Gasteiger partial charge in [-0.1, -0.05) is 0 Å². The van der Waals surface area contributed by atoms with Crippen LogP contribution < -0.4 is 5.56 Å². The first-order chi connectivity index (χ1) is 7.49. The van der Waals surface area contributed by atoms with E-state index in [2.05, 4.69) is 4.74 Å². The molecule has 0 aliphatic carbocycles. The molecule has 0 spiro atoms. The van der Waals surface area contributed by atoms with Gasteiger partial charge in [0, 0.05) is 6.20 Å². The van der Waals surface area contributed by atoms with Crippen molar-refractivity contribution in [1.29, 1.82) is 0 Å². The van der Waals surface area contributed by atoms with Gasteiger partial charge in [0.25, 0.3) is 12.0 Å². The van der Waals surface area contributed by atoms with Crippen molar-refractivity contribution in [2.24, 2.45) is 0 Å². The topological polar surface area (TPSA) is 59.2 Å². The number of hydrogen-bond acceptors (Lipinski definition) is 3. The van der Waals surface area contributed by atoms with Gasteiger partial charge in [0.2, 0.25) is 5.82 Å². The summed E-state index contributed by atoms with van der Waals surface area (Å²) in [6.07, 6.45) is -2.48. The van der Waals surface area contributed by atoms with E-state index in [-0.39, 0.29) is 6.61 Å². The molecule has 0 unspecified atom stereocenters. The number of esters is 1. The summed E-state index contributed by atoms with van der Waals surface area (Å²) >= 11 is 0. The second-order valence-corrected chi connectivity index (χ2v) is 2.78. The summed E-state index contributed by atoms with van der Waals surface area (Å²) in [6, 6.07) is 0. The molecule has 7 heteroatoms. The molecule has 0 aromatic carbocycles. The van der Waals surface area contributed by atoms with E-state index in [4.69, 9.17) is 0 Å². The predicted molar refractivity (Wildman–Crippen MR) is 47.9 cm³/mol. The monoisotopic (exact) mass is 235 g/mol. The van der Waals surface area contributed by atoms with Crippen molar-refractivity contribution in [1.82, 2.24) is 4.98 Å². The van der Waals surface area contributed by atoms with Gasteiger partial charge in [0.1, 0.15) is 5.56 Å². The molecule has 0 radical (unpaired) electrons. The number of carbonyl (C=O) groups is 1. The Kier molecular flexibility index (Phi) is 3.70. The van der Waals surface area contributed by atoms with Gasteiger partial charge in [0.05, 0.1) is 12.2 Å². The van der Waals surface area contributed by atoms with Crippen molar-refractivity contribution in [2.75, 3.05) is 6.61 Å². The van der Waals surface area contributed by atoms with Gasteiger partial charge in [-0.05, 0) is 6.92 Å². The van der Waals surface area contributed by atoms with Crippen molar-refractivity contribution in [3.8, 4) is 0 Å². The van der Waals surface area contributed by atoms with Crippen molar-refractivity contribution < 1.29 is 22.7 Å². The van der Waals surface area contributed by atoms with E-state index in [1.807, 2.05) is 0 Å². The first kappa shape index (κ1) is 12.3. The molecule has 0 bridgehead atoms. The normalized spacial score (nSPS) is 10.6. The second-order valence-electron chi connectivity index (χ2n) is 2.78. The molecule has 88 valence electrons. The Balaban J connectivity index is 3.37. The largest absolute Gasteiger partial charge is 0.462 e. The molecule has 0 aliphatic heterocycles. The van der Waals surface area contributed by atoms with Crippen LogP contribution in [0.4, 0.5) is 13.2 Å². The minimum Gasteiger partial charge on any atom is -0.462 e. The number of nitrogens with one attached hydrogen (secondary N) is 1. The molecule has 16 heavy (non-hydrogen) atoms. The van der Waals surface area contributed by atoms with Gasteiger partial charge in [-0.2, -0.15) is 4.39 Å². The molecule has 0 amide bonds. The lowest BCUT2D eigenvalue weighted by Gasteiger charge is -2.07. The summed E-state index contributed by atoms with van der Waals surface area (Å²) in [4.78, 5) is 23.8. The quantitative estimate of drug-likeness (QED) is 0.810. The highest BCUT2D eigenvalue weighted by atomic mass is 19.3. The highest BCUT2D eigenvalue weighted by molar-refractivity contribution is 5.91. The number of ether oxygens (including phenoxy) is 1. The van der Waals surface area contributed by atoms with Crippen LogP contribution in [0.25, 0.3) is 0 Å². The summed E-state index contributed by atoms with van der Waals surface area (Å²) < 4.78 is 42.5. The van der Waals surface area contributed by atoms with Crippen LogP contribution in [-0.2, 0) is 4.74 Å². The number of aromatic nitrogens is 1. The summed E-state index contributed by atoms with van der Waals surface area (Å²) in [5.41, 5.74) is -3.15. The minimum absolute atomic E-state index is 0.103. The number of H-pyrrole nitrogens is 1. The summed E-state index contributed by atoms with van der Waals surface area (Å²) in [6.45, 7) is 1.33. The zero-order chi connectivity index (χ0) is 12.3. The van der Waals surface area contributed by atoms with Crippen molar-refractivity contribution in [3.63, 3.8) is 0 Å². The standard InChI is InChI=1S/C9H8F3NO3/c1-2-16-9(15)5-4(7(11)12)3-13-8(14)6(5)10/h3,7H,2H2,1H3,(H,13,14). The SMILES string of the molecule is CCOC(=O)c1c(C(F)F)c[nH]c(=O)c1F. The maximum absolute atomic E-state index is 13.2. The number of hydrogen-bond donors (Lipinski definition) is 1. The molecule has 1 aromatic heterocycles. The van der Waals surface area contributed by atoms with Gasteiger partial charge in [-0.3, -0.25) is 4.79 Å². The average molecular weight is 235 g/mol. The van der Waals surface area contributed by atoms with Gasteiger partial charge in [-0.25, -0.2) is 13.6 Å². The Labute approximate surface area is 88.0 Å². The first-order valence-corrected chi connectivity index (χ1v) is 4.35. The van der Waals surface area contributed by atoms with Crippen molar-refractivity contribution >= 4 is 5.97 Å². The summed E-state index contributed by atoms with van der Waals surface area (Å²) in [7, 11) is 0. The van der Waals surface area contributed by atoms with E-state index in [0.29, 0.717) is 6.20 Å². The Morgan fingerprint density at radius 1 is 1.56 bits per heavy atom. The summed E-state index contributed by atoms with van der Waals surface area (Å²) in [5.74, 6) is -2.84. The third-order valence-electron chi connectivity index (χ3n) is 1.78. The highest BCUT2D eigenvalue weighted by Gasteiger charge is 2.25. The molecule has 1 rings (SSSR count). The number of alkyl halides is 2. The fourth-order valence-electron chi connectivity index (χ4n) is 1.10. The lowest BCUT2D eigenvalue weighted by molar-refractivity contribution is 0.0508. The molecular formula is C9H8F3NO3. The molecule has 1 heterocycles. The van der Waals surface area contributed by atoms with E-state index in [0.717, 1.165) is 0 Å². The van der Waals surface area contributed by atoms with Crippen LogP contribution in [0.15, 0.2) is 11.0 Å². The third kappa shape index (κ3) is 2.23. The fourth-order valence-corrected chi connectivity index (χ4v) is 1.10. The molecule has 0 aliphatic rings.